The lowest BCUT2D eigenvalue weighted by atomic mass is 10.1. The van der Waals surface area contributed by atoms with Crippen LogP contribution in [0.5, 0.6) is 5.75 Å². The topological polar surface area (TPSA) is 50.5 Å². The van der Waals surface area contributed by atoms with E-state index in [9.17, 15) is 0 Å². The van der Waals surface area contributed by atoms with E-state index in [2.05, 4.69) is 58.7 Å². The lowest BCUT2D eigenvalue weighted by molar-refractivity contribution is 0.322. The first-order valence-corrected chi connectivity index (χ1v) is 10.3. The molecule has 4 heteroatoms. The lowest BCUT2D eigenvalue weighted by Crippen LogP contribution is -2.33. The average molecular weight is 366 g/mol. The number of nitrogens with zero attached hydrogens (tertiary/aromatic N) is 1. The van der Waals surface area contributed by atoms with Gasteiger partial charge in [0, 0.05) is 44.1 Å². The van der Waals surface area contributed by atoms with Gasteiger partial charge in [0.05, 0.1) is 6.61 Å². The van der Waals surface area contributed by atoms with E-state index in [-0.39, 0.29) is 0 Å². The van der Waals surface area contributed by atoms with Gasteiger partial charge in [-0.2, -0.15) is 0 Å². The van der Waals surface area contributed by atoms with Crippen molar-refractivity contribution < 1.29 is 4.74 Å². The van der Waals surface area contributed by atoms with E-state index in [0.29, 0.717) is 18.0 Å². The highest BCUT2D eigenvalue weighted by molar-refractivity contribution is 5.33. The maximum atomic E-state index is 5.97. The number of benzene rings is 2. The van der Waals surface area contributed by atoms with E-state index in [1.165, 1.54) is 17.5 Å². The zero-order valence-electron chi connectivity index (χ0n) is 16.0. The fourth-order valence-corrected chi connectivity index (χ4v) is 4.01. The summed E-state index contributed by atoms with van der Waals surface area (Å²) in [6.07, 6.45) is 3.33. The Morgan fingerprint density at radius 3 is 2.63 bits per heavy atom. The van der Waals surface area contributed by atoms with Gasteiger partial charge < -0.3 is 20.7 Å². The van der Waals surface area contributed by atoms with Crippen LogP contribution in [0.4, 0.5) is 0 Å². The van der Waals surface area contributed by atoms with Gasteiger partial charge in [0.1, 0.15) is 5.75 Å². The molecule has 2 aliphatic rings. The van der Waals surface area contributed by atoms with Crippen molar-refractivity contribution in [3.05, 3.63) is 65.7 Å². The maximum absolute atomic E-state index is 5.97. The van der Waals surface area contributed by atoms with Gasteiger partial charge in [-0.1, -0.05) is 42.5 Å². The third-order valence-electron chi connectivity index (χ3n) is 5.74. The Morgan fingerprint density at radius 1 is 1.07 bits per heavy atom. The number of nitrogens with two attached hydrogens (primary N) is 1. The standard InChI is InChI=1S/C23H31N3O/c24-20-10-13-26(17-20)14-12-25-23-16-22(23)19-6-8-21(9-7-19)27-15-11-18-4-2-1-3-5-18/h1-9,20,22-23,25H,10-17,24H2. The molecule has 144 valence electrons. The molecule has 0 radical (unpaired) electrons. The Kier molecular flexibility index (Phi) is 6.07. The quantitative estimate of drug-likeness (QED) is 0.717. The normalized spacial score (nSPS) is 24.9. The molecule has 0 aromatic heterocycles. The summed E-state index contributed by atoms with van der Waals surface area (Å²) in [6, 6.07) is 20.2. The van der Waals surface area contributed by atoms with Gasteiger partial charge in [-0.15, -0.1) is 0 Å². The molecule has 3 atom stereocenters. The molecule has 1 aliphatic heterocycles. The third-order valence-corrected chi connectivity index (χ3v) is 5.74. The van der Waals surface area contributed by atoms with E-state index in [1.807, 2.05) is 6.07 Å². The fraction of sp³-hybridized carbons (Fsp3) is 0.478. The van der Waals surface area contributed by atoms with Crippen LogP contribution in [0.15, 0.2) is 54.6 Å². The van der Waals surface area contributed by atoms with Gasteiger partial charge in [-0.3, -0.25) is 0 Å². The minimum absolute atomic E-state index is 0.382. The predicted molar refractivity (Wildman–Crippen MR) is 110 cm³/mol. The van der Waals surface area contributed by atoms with Gasteiger partial charge >= 0.3 is 0 Å². The summed E-state index contributed by atoms with van der Waals surface area (Å²) in [7, 11) is 0. The lowest BCUT2D eigenvalue weighted by Gasteiger charge is -2.15. The molecule has 2 aromatic rings. The Bertz CT molecular complexity index is 703. The molecule has 0 bridgehead atoms. The average Bonchev–Trinajstić information content (AvgIpc) is 3.35. The van der Waals surface area contributed by atoms with Crippen molar-refractivity contribution in [3.8, 4) is 5.75 Å². The van der Waals surface area contributed by atoms with E-state index >= 15 is 0 Å². The number of hydrogen-bond donors (Lipinski definition) is 2. The highest BCUT2D eigenvalue weighted by Crippen LogP contribution is 2.41. The van der Waals surface area contributed by atoms with Gasteiger partial charge in [0.2, 0.25) is 0 Å². The highest BCUT2D eigenvalue weighted by atomic mass is 16.5. The minimum atomic E-state index is 0.382. The SMILES string of the molecule is NC1CCN(CCNC2CC2c2ccc(OCCc3ccccc3)cc2)C1. The van der Waals surface area contributed by atoms with Crippen molar-refractivity contribution in [3.63, 3.8) is 0 Å². The second-order valence-electron chi connectivity index (χ2n) is 7.91. The summed E-state index contributed by atoms with van der Waals surface area (Å²) in [4.78, 5) is 2.47. The van der Waals surface area contributed by atoms with Crippen LogP contribution in [0, 0.1) is 0 Å². The van der Waals surface area contributed by atoms with Gasteiger partial charge in [0.25, 0.3) is 0 Å². The number of rotatable bonds is 9. The summed E-state index contributed by atoms with van der Waals surface area (Å²) in [5, 5.41) is 3.70. The third kappa shape index (κ3) is 5.32. The Morgan fingerprint density at radius 2 is 1.89 bits per heavy atom. The molecule has 1 saturated carbocycles. The molecular weight excluding hydrogens is 334 g/mol. The molecule has 2 aromatic carbocycles. The van der Waals surface area contributed by atoms with Gasteiger partial charge in [0.15, 0.2) is 0 Å². The Hall–Kier alpha value is -1.88. The zero-order chi connectivity index (χ0) is 18.5. The second-order valence-corrected chi connectivity index (χ2v) is 7.91. The first kappa shape index (κ1) is 18.5. The largest absolute Gasteiger partial charge is 0.493 e. The highest BCUT2D eigenvalue weighted by Gasteiger charge is 2.37. The minimum Gasteiger partial charge on any atom is -0.493 e. The smallest absolute Gasteiger partial charge is 0.119 e. The number of ether oxygens (including phenoxy) is 1. The van der Waals surface area contributed by atoms with E-state index in [1.54, 1.807) is 0 Å². The molecule has 3 N–H and O–H groups in total. The molecule has 27 heavy (non-hydrogen) atoms. The molecule has 4 nitrogen and oxygen atoms in total. The van der Waals surface area contributed by atoms with Crippen LogP contribution in [0.1, 0.15) is 29.9 Å². The first-order valence-electron chi connectivity index (χ1n) is 10.3. The summed E-state index contributed by atoms with van der Waals surface area (Å²) in [6.45, 7) is 5.11. The molecule has 1 aliphatic carbocycles. The molecule has 3 unspecified atom stereocenters. The molecule has 0 amide bonds. The zero-order valence-corrected chi connectivity index (χ0v) is 16.0. The van der Waals surface area contributed by atoms with Crippen molar-refractivity contribution in [1.29, 1.82) is 0 Å². The van der Waals surface area contributed by atoms with Crippen LogP contribution in [0.3, 0.4) is 0 Å². The Labute approximate surface area is 162 Å². The van der Waals surface area contributed by atoms with E-state index in [4.69, 9.17) is 10.5 Å². The monoisotopic (exact) mass is 365 g/mol. The van der Waals surface area contributed by atoms with Crippen LogP contribution < -0.4 is 15.8 Å². The fourth-order valence-electron chi connectivity index (χ4n) is 4.01. The first-order chi connectivity index (χ1) is 13.3. The molecule has 1 saturated heterocycles. The van der Waals surface area contributed by atoms with Crippen LogP contribution in [0.25, 0.3) is 0 Å². The van der Waals surface area contributed by atoms with Crippen LogP contribution >= 0.6 is 0 Å². The summed E-state index contributed by atoms with van der Waals surface area (Å²) in [5.41, 5.74) is 8.71. The van der Waals surface area contributed by atoms with Crippen LogP contribution in [0.2, 0.25) is 0 Å². The summed E-state index contributed by atoms with van der Waals surface area (Å²) >= 11 is 0. The van der Waals surface area contributed by atoms with E-state index < -0.39 is 0 Å². The molecule has 0 spiro atoms. The number of likely N-dealkylation sites (tertiary alicyclic amines) is 1. The molecule has 2 fully saturated rings. The second kappa shape index (κ2) is 8.87. The summed E-state index contributed by atoms with van der Waals surface area (Å²) in [5.74, 6) is 1.62. The van der Waals surface area contributed by atoms with Crippen molar-refractivity contribution in [2.45, 2.75) is 37.3 Å². The van der Waals surface area contributed by atoms with Crippen molar-refractivity contribution >= 4 is 0 Å². The van der Waals surface area contributed by atoms with Crippen LogP contribution in [-0.2, 0) is 6.42 Å². The number of nitrogens with one attached hydrogen (secondary N) is 1. The molecule has 1 heterocycles. The number of hydrogen-bond acceptors (Lipinski definition) is 4. The molecular formula is C23H31N3O. The molecule has 4 rings (SSSR count). The van der Waals surface area contributed by atoms with Gasteiger partial charge in [-0.25, -0.2) is 0 Å². The maximum Gasteiger partial charge on any atom is 0.119 e. The van der Waals surface area contributed by atoms with E-state index in [0.717, 1.165) is 51.4 Å². The Balaban J connectivity index is 1.15. The predicted octanol–water partition coefficient (Wildman–Crippen LogP) is 2.79. The summed E-state index contributed by atoms with van der Waals surface area (Å²) < 4.78 is 5.89. The van der Waals surface area contributed by atoms with Crippen molar-refractivity contribution in [2.75, 3.05) is 32.8 Å². The van der Waals surface area contributed by atoms with Crippen molar-refractivity contribution in [1.82, 2.24) is 10.2 Å². The van der Waals surface area contributed by atoms with Crippen LogP contribution in [-0.4, -0.2) is 49.8 Å². The van der Waals surface area contributed by atoms with Crippen molar-refractivity contribution in [2.24, 2.45) is 5.73 Å². The van der Waals surface area contributed by atoms with Gasteiger partial charge in [-0.05, 0) is 42.6 Å².